The summed E-state index contributed by atoms with van der Waals surface area (Å²) in [5, 5.41) is 21.0. The lowest BCUT2D eigenvalue weighted by Gasteiger charge is -2.30. The molecular weight excluding hydrogens is 547 g/mol. The van der Waals surface area contributed by atoms with Crippen molar-refractivity contribution < 1.29 is 9.90 Å². The highest BCUT2D eigenvalue weighted by Crippen LogP contribution is 2.43. The minimum Gasteiger partial charge on any atom is -0.507 e. The molecule has 1 N–H and O–H groups in total. The first-order valence-electron chi connectivity index (χ1n) is 13.2. The summed E-state index contributed by atoms with van der Waals surface area (Å²) in [5.74, 6) is 0.697. The van der Waals surface area contributed by atoms with Gasteiger partial charge in [0.2, 0.25) is 0 Å². The monoisotopic (exact) mass is 581 g/mol. The SMILES string of the molecule is Cc1nnsc1-c1nc(C(=O)N2CCC(c3nc(-c4cc(C(C)(C)C)c(O)c(C(C)(C)C)c4)cs3)CC2)cs1. The van der Waals surface area contributed by atoms with Gasteiger partial charge in [0.25, 0.3) is 5.91 Å². The highest BCUT2D eigenvalue weighted by molar-refractivity contribution is 7.18. The lowest BCUT2D eigenvalue weighted by molar-refractivity contribution is 0.0708. The molecule has 206 valence electrons. The Balaban J connectivity index is 1.30. The molecule has 0 saturated carbocycles. The Bertz CT molecular complexity index is 1460. The summed E-state index contributed by atoms with van der Waals surface area (Å²) in [6.45, 7) is 16.1. The van der Waals surface area contributed by atoms with Crippen LogP contribution in [0.4, 0.5) is 0 Å². The van der Waals surface area contributed by atoms with Crippen molar-refractivity contribution in [3.05, 3.63) is 50.4 Å². The number of aryl methyl sites for hydroxylation is 1. The number of piperidine rings is 1. The number of amides is 1. The van der Waals surface area contributed by atoms with Crippen LogP contribution in [0.25, 0.3) is 21.1 Å². The Morgan fingerprint density at radius 2 is 1.62 bits per heavy atom. The van der Waals surface area contributed by atoms with Crippen LogP contribution in [0.1, 0.15) is 92.6 Å². The third-order valence-electron chi connectivity index (χ3n) is 7.24. The predicted octanol–water partition coefficient (Wildman–Crippen LogP) is 7.41. The molecule has 0 spiro atoms. The van der Waals surface area contributed by atoms with Gasteiger partial charge < -0.3 is 10.0 Å². The van der Waals surface area contributed by atoms with Crippen LogP contribution in [-0.4, -0.2) is 48.6 Å². The standard InChI is InChI=1S/C29H35N5O2S3/c1-16-24(39-33-32-16)26-31-22(15-38-26)27(36)34-10-8-17(9-11-34)25-30-21(14-37-25)18-12-19(28(2,3)4)23(35)20(13-18)29(5,6)7/h12-15,17,35H,8-11H2,1-7H3. The van der Waals surface area contributed by atoms with Crippen LogP contribution in [0.2, 0.25) is 0 Å². The number of hydrogen-bond donors (Lipinski definition) is 1. The van der Waals surface area contributed by atoms with E-state index in [1.807, 2.05) is 17.2 Å². The Kier molecular flexibility index (Phi) is 7.41. The van der Waals surface area contributed by atoms with E-state index in [1.54, 1.807) is 11.3 Å². The largest absolute Gasteiger partial charge is 0.507 e. The van der Waals surface area contributed by atoms with Gasteiger partial charge in [0.1, 0.15) is 21.3 Å². The van der Waals surface area contributed by atoms with E-state index in [-0.39, 0.29) is 16.7 Å². The summed E-state index contributed by atoms with van der Waals surface area (Å²) >= 11 is 4.47. The molecule has 4 aromatic rings. The lowest BCUT2D eigenvalue weighted by atomic mass is 9.78. The van der Waals surface area contributed by atoms with Gasteiger partial charge in [0.05, 0.1) is 16.4 Å². The van der Waals surface area contributed by atoms with E-state index in [2.05, 4.69) is 73.6 Å². The maximum atomic E-state index is 13.2. The van der Waals surface area contributed by atoms with E-state index in [1.165, 1.54) is 22.9 Å². The fraction of sp³-hybridized carbons (Fsp3) is 0.483. The summed E-state index contributed by atoms with van der Waals surface area (Å²) in [4.78, 5) is 25.6. The Hall–Kier alpha value is -2.69. The lowest BCUT2D eigenvalue weighted by Crippen LogP contribution is -2.38. The fourth-order valence-corrected chi connectivity index (χ4v) is 7.51. The van der Waals surface area contributed by atoms with E-state index < -0.39 is 0 Å². The molecule has 1 fully saturated rings. The number of likely N-dealkylation sites (tertiary alicyclic amines) is 1. The number of aromatic nitrogens is 4. The predicted molar refractivity (Wildman–Crippen MR) is 160 cm³/mol. The highest BCUT2D eigenvalue weighted by atomic mass is 32.1. The maximum absolute atomic E-state index is 13.2. The molecule has 3 aromatic heterocycles. The summed E-state index contributed by atoms with van der Waals surface area (Å²) in [6, 6.07) is 4.19. The van der Waals surface area contributed by atoms with E-state index in [4.69, 9.17) is 4.98 Å². The molecule has 0 atom stereocenters. The van der Waals surface area contributed by atoms with Crippen LogP contribution in [0.5, 0.6) is 5.75 Å². The molecule has 4 heterocycles. The fourth-order valence-electron chi connectivity index (χ4n) is 4.93. The number of hydrogen-bond acceptors (Lipinski definition) is 9. The van der Waals surface area contributed by atoms with Crippen LogP contribution in [0.15, 0.2) is 22.9 Å². The molecule has 1 amide bonds. The molecule has 0 radical (unpaired) electrons. The van der Waals surface area contributed by atoms with Gasteiger partial charge in [-0.25, -0.2) is 9.97 Å². The summed E-state index contributed by atoms with van der Waals surface area (Å²) in [6.07, 6.45) is 1.76. The van der Waals surface area contributed by atoms with Crippen molar-refractivity contribution in [3.8, 4) is 26.9 Å². The smallest absolute Gasteiger partial charge is 0.273 e. The zero-order valence-corrected chi connectivity index (χ0v) is 26.0. The second-order valence-corrected chi connectivity index (χ2v) is 14.8. The van der Waals surface area contributed by atoms with Gasteiger partial charge in [0, 0.05) is 46.5 Å². The van der Waals surface area contributed by atoms with Gasteiger partial charge in [-0.2, -0.15) is 0 Å². The molecule has 5 rings (SSSR count). The number of aromatic hydroxyl groups is 1. The third-order valence-corrected chi connectivity index (χ3v) is 10.1. The molecule has 1 aliphatic rings. The van der Waals surface area contributed by atoms with Crippen molar-refractivity contribution in [2.24, 2.45) is 0 Å². The first-order valence-corrected chi connectivity index (χ1v) is 15.7. The van der Waals surface area contributed by atoms with Crippen molar-refractivity contribution in [2.75, 3.05) is 13.1 Å². The maximum Gasteiger partial charge on any atom is 0.273 e. The molecule has 1 aliphatic heterocycles. The van der Waals surface area contributed by atoms with Crippen LogP contribution in [-0.2, 0) is 10.8 Å². The highest BCUT2D eigenvalue weighted by Gasteiger charge is 2.30. The van der Waals surface area contributed by atoms with Crippen LogP contribution in [0.3, 0.4) is 0 Å². The quantitative estimate of drug-likeness (QED) is 0.270. The molecule has 0 unspecified atom stereocenters. The van der Waals surface area contributed by atoms with Gasteiger partial charge in [-0.05, 0) is 54.3 Å². The van der Waals surface area contributed by atoms with Gasteiger partial charge in [-0.1, -0.05) is 46.0 Å². The average molecular weight is 582 g/mol. The molecule has 10 heteroatoms. The molecule has 1 aromatic carbocycles. The van der Waals surface area contributed by atoms with Crippen molar-refractivity contribution in [3.63, 3.8) is 0 Å². The zero-order valence-electron chi connectivity index (χ0n) is 23.5. The molecule has 0 aliphatic carbocycles. The summed E-state index contributed by atoms with van der Waals surface area (Å²) in [5.41, 5.74) is 4.84. The first-order chi connectivity index (χ1) is 18.3. The number of rotatable bonds is 4. The number of thiazole rings is 2. The Morgan fingerprint density at radius 1 is 0.974 bits per heavy atom. The topological polar surface area (TPSA) is 92.1 Å². The molecule has 0 bridgehead atoms. The van der Waals surface area contributed by atoms with Gasteiger partial charge in [-0.3, -0.25) is 4.79 Å². The van der Waals surface area contributed by atoms with Crippen LogP contribution in [0, 0.1) is 6.92 Å². The van der Waals surface area contributed by atoms with Crippen molar-refractivity contribution in [1.29, 1.82) is 0 Å². The number of carbonyl (C=O) groups is 1. The number of benzene rings is 1. The average Bonchev–Trinajstić information content (AvgIpc) is 3.63. The minimum absolute atomic E-state index is 0.0144. The van der Waals surface area contributed by atoms with Gasteiger partial charge in [-0.15, -0.1) is 27.8 Å². The van der Waals surface area contributed by atoms with E-state index >= 15 is 0 Å². The second kappa shape index (κ2) is 10.4. The first kappa shape index (κ1) is 27.9. The number of nitrogens with zero attached hydrogens (tertiary/aromatic N) is 5. The van der Waals surface area contributed by atoms with Crippen LogP contribution >= 0.6 is 34.2 Å². The minimum atomic E-state index is -0.188. The number of carbonyl (C=O) groups excluding carboxylic acids is 1. The van der Waals surface area contributed by atoms with Gasteiger partial charge in [0.15, 0.2) is 0 Å². The molecular formula is C29H35N5O2S3. The van der Waals surface area contributed by atoms with Crippen molar-refractivity contribution >= 4 is 40.1 Å². The van der Waals surface area contributed by atoms with Crippen molar-refractivity contribution in [2.45, 2.75) is 78.1 Å². The molecule has 7 nitrogen and oxygen atoms in total. The third kappa shape index (κ3) is 5.64. The summed E-state index contributed by atoms with van der Waals surface area (Å²) in [7, 11) is 0. The van der Waals surface area contributed by atoms with Crippen LogP contribution < -0.4 is 0 Å². The normalized spacial score (nSPS) is 15.2. The van der Waals surface area contributed by atoms with E-state index in [9.17, 15) is 9.90 Å². The summed E-state index contributed by atoms with van der Waals surface area (Å²) < 4.78 is 3.98. The van der Waals surface area contributed by atoms with E-state index in [0.29, 0.717) is 30.5 Å². The second-order valence-electron chi connectivity index (χ2n) is 12.3. The number of phenols is 1. The zero-order chi connectivity index (χ0) is 28.1. The van der Waals surface area contributed by atoms with Gasteiger partial charge >= 0.3 is 0 Å². The molecule has 39 heavy (non-hydrogen) atoms. The number of phenolic OH excluding ortho intramolecular Hbond substituents is 1. The van der Waals surface area contributed by atoms with E-state index in [0.717, 1.165) is 55.8 Å². The Morgan fingerprint density at radius 3 is 2.18 bits per heavy atom. The molecule has 1 saturated heterocycles. The Labute approximate surface area is 242 Å². The van der Waals surface area contributed by atoms with Crippen molar-refractivity contribution in [1.82, 2.24) is 24.5 Å².